The largest absolute Gasteiger partial charge is 0.477 e. The van der Waals surface area contributed by atoms with Crippen LogP contribution in [0.25, 0.3) is 0 Å². The Balaban J connectivity index is 1.76. The Morgan fingerprint density at radius 1 is 1.43 bits per heavy atom. The molecule has 76 valence electrons. The number of nitrogens with zero attached hydrogens (tertiary/aromatic N) is 2. The average molecular weight is 193 g/mol. The smallest absolute Gasteiger partial charge is 0.142 e. The third kappa shape index (κ3) is 2.68. The maximum atomic E-state index is 5.58. The van der Waals surface area contributed by atoms with Crippen LogP contribution in [-0.4, -0.2) is 42.8 Å². The predicted octanol–water partition coefficient (Wildman–Crippen LogP) is 0.323. The molecule has 1 aromatic rings. The van der Waals surface area contributed by atoms with Crippen LogP contribution in [0, 0.1) is 0 Å². The molecule has 0 spiro atoms. The lowest BCUT2D eigenvalue weighted by molar-refractivity contribution is 0.113. The molecule has 4 nitrogen and oxygen atoms in total. The van der Waals surface area contributed by atoms with Crippen molar-refractivity contribution in [2.24, 2.45) is 0 Å². The molecule has 0 bridgehead atoms. The zero-order valence-corrected chi connectivity index (χ0v) is 8.15. The number of hydrogen-bond acceptors (Lipinski definition) is 4. The number of piperazine rings is 1. The Morgan fingerprint density at radius 3 is 3.00 bits per heavy atom. The van der Waals surface area contributed by atoms with Gasteiger partial charge in [0.15, 0.2) is 0 Å². The van der Waals surface area contributed by atoms with E-state index in [-0.39, 0.29) is 0 Å². The first-order chi connectivity index (χ1) is 6.95. The van der Waals surface area contributed by atoms with Gasteiger partial charge in [0.25, 0.3) is 0 Å². The Morgan fingerprint density at radius 2 is 2.29 bits per heavy atom. The molecule has 1 aromatic heterocycles. The monoisotopic (exact) mass is 193 g/mol. The van der Waals surface area contributed by atoms with Crippen LogP contribution in [0.1, 0.15) is 0 Å². The van der Waals surface area contributed by atoms with Crippen molar-refractivity contribution in [1.29, 1.82) is 0 Å². The third-order valence-electron chi connectivity index (χ3n) is 2.26. The summed E-state index contributed by atoms with van der Waals surface area (Å²) in [5, 5.41) is 3.30. The average Bonchev–Trinajstić information content (AvgIpc) is 2.29. The molecule has 2 heterocycles. The van der Waals surface area contributed by atoms with E-state index < -0.39 is 0 Å². The van der Waals surface area contributed by atoms with Gasteiger partial charge >= 0.3 is 0 Å². The first-order valence-electron chi connectivity index (χ1n) is 4.91. The van der Waals surface area contributed by atoms with Gasteiger partial charge in [-0.1, -0.05) is 0 Å². The SMILES string of the molecule is c1cncc(OCN2CCNCC2)c1. The number of aromatic nitrogens is 1. The molecule has 2 rings (SSSR count). The molecule has 0 aromatic carbocycles. The molecule has 4 heteroatoms. The summed E-state index contributed by atoms with van der Waals surface area (Å²) in [6.45, 7) is 4.88. The van der Waals surface area contributed by atoms with Crippen LogP contribution >= 0.6 is 0 Å². The van der Waals surface area contributed by atoms with Gasteiger partial charge in [0, 0.05) is 32.4 Å². The minimum Gasteiger partial charge on any atom is -0.477 e. The number of pyridine rings is 1. The Bertz CT molecular complexity index is 259. The summed E-state index contributed by atoms with van der Waals surface area (Å²) in [4.78, 5) is 6.27. The fourth-order valence-corrected chi connectivity index (χ4v) is 1.44. The summed E-state index contributed by atoms with van der Waals surface area (Å²) >= 11 is 0. The summed E-state index contributed by atoms with van der Waals surface area (Å²) in [7, 11) is 0. The minimum absolute atomic E-state index is 0.660. The standard InChI is InChI=1S/C10H15N3O/c1-2-10(8-12-3-1)14-9-13-6-4-11-5-7-13/h1-3,8,11H,4-7,9H2. The second kappa shape index (κ2) is 4.93. The van der Waals surface area contributed by atoms with Crippen molar-refractivity contribution >= 4 is 0 Å². The van der Waals surface area contributed by atoms with Crippen molar-refractivity contribution in [2.75, 3.05) is 32.9 Å². The highest BCUT2D eigenvalue weighted by molar-refractivity contribution is 5.15. The molecule has 14 heavy (non-hydrogen) atoms. The van der Waals surface area contributed by atoms with Gasteiger partial charge in [0.2, 0.25) is 0 Å². The van der Waals surface area contributed by atoms with E-state index in [4.69, 9.17) is 4.74 Å². The molecule has 1 fully saturated rings. The van der Waals surface area contributed by atoms with Gasteiger partial charge in [-0.25, -0.2) is 0 Å². The van der Waals surface area contributed by atoms with E-state index in [1.165, 1.54) is 0 Å². The molecule has 0 radical (unpaired) electrons. The zero-order valence-electron chi connectivity index (χ0n) is 8.15. The zero-order chi connectivity index (χ0) is 9.64. The fraction of sp³-hybridized carbons (Fsp3) is 0.500. The van der Waals surface area contributed by atoms with Gasteiger partial charge in [-0.15, -0.1) is 0 Å². The van der Waals surface area contributed by atoms with Crippen molar-refractivity contribution in [2.45, 2.75) is 0 Å². The van der Waals surface area contributed by atoms with E-state index in [1.54, 1.807) is 12.4 Å². The van der Waals surface area contributed by atoms with Crippen LogP contribution in [0.3, 0.4) is 0 Å². The normalized spacial score (nSPS) is 18.0. The molecule has 1 aliphatic rings. The Kier molecular flexibility index (Phi) is 3.32. The summed E-state index contributed by atoms with van der Waals surface area (Å²) < 4.78 is 5.58. The maximum Gasteiger partial charge on any atom is 0.142 e. The topological polar surface area (TPSA) is 37.4 Å². The van der Waals surface area contributed by atoms with Gasteiger partial charge in [-0.2, -0.15) is 0 Å². The van der Waals surface area contributed by atoms with Crippen molar-refractivity contribution in [3.05, 3.63) is 24.5 Å². The van der Waals surface area contributed by atoms with Crippen LogP contribution in [0.2, 0.25) is 0 Å². The first-order valence-corrected chi connectivity index (χ1v) is 4.91. The van der Waals surface area contributed by atoms with Crippen molar-refractivity contribution in [3.8, 4) is 5.75 Å². The minimum atomic E-state index is 0.660. The van der Waals surface area contributed by atoms with Gasteiger partial charge in [0.1, 0.15) is 12.5 Å². The highest BCUT2D eigenvalue weighted by Gasteiger charge is 2.08. The first kappa shape index (κ1) is 9.43. The number of nitrogens with one attached hydrogen (secondary N) is 1. The molecule has 1 N–H and O–H groups in total. The molecular formula is C10H15N3O. The summed E-state index contributed by atoms with van der Waals surface area (Å²) in [6, 6.07) is 3.81. The highest BCUT2D eigenvalue weighted by Crippen LogP contribution is 2.06. The number of rotatable bonds is 3. The number of hydrogen-bond donors (Lipinski definition) is 1. The summed E-state index contributed by atoms with van der Waals surface area (Å²) in [5.41, 5.74) is 0. The lowest BCUT2D eigenvalue weighted by Crippen LogP contribution is -2.44. The van der Waals surface area contributed by atoms with Crippen LogP contribution in [0.15, 0.2) is 24.5 Å². The molecule has 0 amide bonds. The Labute approximate surface area is 83.9 Å². The van der Waals surface area contributed by atoms with E-state index in [9.17, 15) is 0 Å². The molecule has 1 aliphatic heterocycles. The molecule has 0 unspecified atom stereocenters. The lowest BCUT2D eigenvalue weighted by atomic mass is 10.4. The third-order valence-corrected chi connectivity index (χ3v) is 2.26. The second-order valence-electron chi connectivity index (χ2n) is 3.33. The fourth-order valence-electron chi connectivity index (χ4n) is 1.44. The van der Waals surface area contributed by atoms with Crippen LogP contribution in [0.5, 0.6) is 5.75 Å². The van der Waals surface area contributed by atoms with E-state index in [1.807, 2.05) is 12.1 Å². The van der Waals surface area contributed by atoms with Gasteiger partial charge in [0.05, 0.1) is 6.20 Å². The number of ether oxygens (including phenoxy) is 1. The predicted molar refractivity (Wildman–Crippen MR) is 54.2 cm³/mol. The lowest BCUT2D eigenvalue weighted by Gasteiger charge is -2.26. The van der Waals surface area contributed by atoms with Gasteiger partial charge in [-0.05, 0) is 12.1 Å². The van der Waals surface area contributed by atoms with Crippen molar-refractivity contribution in [3.63, 3.8) is 0 Å². The Hall–Kier alpha value is -1.13. The van der Waals surface area contributed by atoms with Gasteiger partial charge in [-0.3, -0.25) is 9.88 Å². The highest BCUT2D eigenvalue weighted by atomic mass is 16.5. The van der Waals surface area contributed by atoms with Crippen LogP contribution < -0.4 is 10.1 Å². The molecule has 0 atom stereocenters. The van der Waals surface area contributed by atoms with E-state index in [0.29, 0.717) is 6.73 Å². The van der Waals surface area contributed by atoms with E-state index in [0.717, 1.165) is 31.9 Å². The second-order valence-corrected chi connectivity index (χ2v) is 3.33. The van der Waals surface area contributed by atoms with Gasteiger partial charge < -0.3 is 10.1 Å². The van der Waals surface area contributed by atoms with Crippen LogP contribution in [-0.2, 0) is 0 Å². The summed E-state index contributed by atoms with van der Waals surface area (Å²) in [6.07, 6.45) is 3.49. The molecule has 0 saturated carbocycles. The van der Waals surface area contributed by atoms with Crippen molar-refractivity contribution < 1.29 is 4.74 Å². The molecule has 1 saturated heterocycles. The molecule has 0 aliphatic carbocycles. The maximum absolute atomic E-state index is 5.58. The van der Waals surface area contributed by atoms with E-state index in [2.05, 4.69) is 15.2 Å². The van der Waals surface area contributed by atoms with E-state index >= 15 is 0 Å². The summed E-state index contributed by atoms with van der Waals surface area (Å²) in [5.74, 6) is 0.839. The van der Waals surface area contributed by atoms with Crippen molar-refractivity contribution in [1.82, 2.24) is 15.2 Å². The molecular weight excluding hydrogens is 178 g/mol. The van der Waals surface area contributed by atoms with Crippen LogP contribution in [0.4, 0.5) is 0 Å². The quantitative estimate of drug-likeness (QED) is 0.750.